The molecule has 2 aromatic carbocycles. The fraction of sp³-hybridized carbons (Fsp3) is 0.519. The Bertz CT molecular complexity index is 1010. The summed E-state index contributed by atoms with van der Waals surface area (Å²) in [6.07, 6.45) is 5.37. The minimum atomic E-state index is -3.50. The first-order valence-electron chi connectivity index (χ1n) is 12.4. The van der Waals surface area contributed by atoms with E-state index in [1.54, 1.807) is 24.3 Å². The van der Waals surface area contributed by atoms with Crippen LogP contribution in [0.2, 0.25) is 0 Å². The topological polar surface area (TPSA) is 84.5 Å². The van der Waals surface area contributed by atoms with E-state index in [2.05, 4.69) is 17.0 Å². The molecule has 1 aliphatic carbocycles. The Morgan fingerprint density at radius 3 is 2.29 bits per heavy atom. The number of hydrogen-bond donors (Lipinski definition) is 2. The van der Waals surface area contributed by atoms with Gasteiger partial charge in [-0.15, -0.1) is 0 Å². The number of aryl methyl sites for hydroxylation is 1. The van der Waals surface area contributed by atoms with Gasteiger partial charge >= 0.3 is 0 Å². The average molecular weight is 487 g/mol. The molecule has 0 spiro atoms. The normalized spacial score (nSPS) is 19.4. The summed E-state index contributed by atoms with van der Waals surface area (Å²) in [5.41, 5.74) is 2.08. The van der Waals surface area contributed by atoms with Gasteiger partial charge in [-0.05, 0) is 81.7 Å². The standard InChI is InChI=1S/C27H38N2O4S/c1-4-5-18-33-25-14-12-23(13-15-25)21(3)29-27(30)24-10-8-22(9-11-24)19-28-34(31,32)26-16-6-20(2)7-17-26/h6-7,12-17,21-22,24,28H,4-5,8-11,18-19H2,1-3H3,(H,29,30). The zero-order valence-corrected chi connectivity index (χ0v) is 21.4. The third-order valence-corrected chi connectivity index (χ3v) is 8.06. The van der Waals surface area contributed by atoms with E-state index in [9.17, 15) is 13.2 Å². The molecule has 1 atom stereocenters. The summed E-state index contributed by atoms with van der Waals surface area (Å²) in [5.74, 6) is 1.16. The Morgan fingerprint density at radius 2 is 1.68 bits per heavy atom. The van der Waals surface area contributed by atoms with Crippen molar-refractivity contribution in [2.75, 3.05) is 13.2 Å². The van der Waals surface area contributed by atoms with E-state index in [0.29, 0.717) is 11.4 Å². The molecule has 0 aromatic heterocycles. The molecule has 2 N–H and O–H groups in total. The number of carbonyl (C=O) groups excluding carboxylic acids is 1. The van der Waals surface area contributed by atoms with Gasteiger partial charge in [-0.2, -0.15) is 0 Å². The van der Waals surface area contributed by atoms with Gasteiger partial charge in [0.1, 0.15) is 5.75 Å². The predicted molar refractivity (Wildman–Crippen MR) is 135 cm³/mol. The number of unbranched alkanes of at least 4 members (excludes halogenated alkanes) is 1. The van der Waals surface area contributed by atoms with Crippen molar-refractivity contribution in [3.63, 3.8) is 0 Å². The summed E-state index contributed by atoms with van der Waals surface area (Å²) < 4.78 is 33.5. The molecular weight excluding hydrogens is 448 g/mol. The third kappa shape index (κ3) is 7.57. The lowest BCUT2D eigenvalue weighted by molar-refractivity contribution is -0.126. The van der Waals surface area contributed by atoms with Gasteiger partial charge in [-0.25, -0.2) is 13.1 Å². The monoisotopic (exact) mass is 486 g/mol. The smallest absolute Gasteiger partial charge is 0.240 e. The molecule has 1 fully saturated rings. The predicted octanol–water partition coefficient (Wildman–Crippen LogP) is 5.14. The quantitative estimate of drug-likeness (QED) is 0.431. The first-order chi connectivity index (χ1) is 16.3. The van der Waals surface area contributed by atoms with Gasteiger partial charge in [-0.1, -0.05) is 43.2 Å². The van der Waals surface area contributed by atoms with Crippen molar-refractivity contribution in [2.45, 2.75) is 70.2 Å². The van der Waals surface area contributed by atoms with Crippen LogP contribution in [0, 0.1) is 18.8 Å². The van der Waals surface area contributed by atoms with Crippen molar-refractivity contribution in [2.24, 2.45) is 11.8 Å². The SMILES string of the molecule is CCCCOc1ccc(C(C)NC(=O)C2CCC(CNS(=O)(=O)c3ccc(C)cc3)CC2)cc1. The Hall–Kier alpha value is -2.38. The highest BCUT2D eigenvalue weighted by molar-refractivity contribution is 7.89. The van der Waals surface area contributed by atoms with E-state index in [1.165, 1.54) is 0 Å². The van der Waals surface area contributed by atoms with Gasteiger partial charge < -0.3 is 10.1 Å². The second-order valence-electron chi connectivity index (χ2n) is 9.38. The maximum absolute atomic E-state index is 12.8. The van der Waals surface area contributed by atoms with Gasteiger partial charge in [0.2, 0.25) is 15.9 Å². The molecule has 1 amide bonds. The van der Waals surface area contributed by atoms with Crippen LogP contribution in [-0.2, 0) is 14.8 Å². The largest absolute Gasteiger partial charge is 0.494 e. The van der Waals surface area contributed by atoms with Crippen molar-refractivity contribution in [3.05, 3.63) is 59.7 Å². The van der Waals surface area contributed by atoms with Crippen molar-refractivity contribution in [1.29, 1.82) is 0 Å². The van der Waals surface area contributed by atoms with E-state index in [4.69, 9.17) is 4.74 Å². The molecule has 34 heavy (non-hydrogen) atoms. The number of rotatable bonds is 11. The summed E-state index contributed by atoms with van der Waals surface area (Å²) >= 11 is 0. The lowest BCUT2D eigenvalue weighted by atomic mass is 9.81. The van der Waals surface area contributed by atoms with Gasteiger partial charge in [-0.3, -0.25) is 4.79 Å². The van der Waals surface area contributed by atoms with Crippen molar-refractivity contribution >= 4 is 15.9 Å². The molecule has 0 saturated heterocycles. The maximum atomic E-state index is 12.8. The summed E-state index contributed by atoms with van der Waals surface area (Å²) in [4.78, 5) is 13.1. The number of nitrogens with one attached hydrogen (secondary N) is 2. The van der Waals surface area contributed by atoms with Gasteiger partial charge in [0.05, 0.1) is 17.5 Å². The fourth-order valence-corrected chi connectivity index (χ4v) is 5.37. The van der Waals surface area contributed by atoms with Gasteiger partial charge in [0, 0.05) is 12.5 Å². The van der Waals surface area contributed by atoms with Crippen LogP contribution in [0.3, 0.4) is 0 Å². The summed E-state index contributed by atoms with van der Waals surface area (Å²) in [6, 6.07) is 14.7. The lowest BCUT2D eigenvalue weighted by Crippen LogP contribution is -2.37. The number of amides is 1. The van der Waals surface area contributed by atoms with Crippen LogP contribution in [0.25, 0.3) is 0 Å². The number of sulfonamides is 1. The molecule has 1 saturated carbocycles. The first kappa shape index (κ1) is 26.2. The fourth-order valence-electron chi connectivity index (χ4n) is 4.26. The first-order valence-corrected chi connectivity index (χ1v) is 13.9. The Morgan fingerprint density at radius 1 is 1.03 bits per heavy atom. The minimum Gasteiger partial charge on any atom is -0.494 e. The molecular formula is C27H38N2O4S. The average Bonchev–Trinajstić information content (AvgIpc) is 2.84. The molecule has 6 nitrogen and oxygen atoms in total. The number of ether oxygens (including phenoxy) is 1. The molecule has 7 heteroatoms. The molecule has 2 aromatic rings. The van der Waals surface area contributed by atoms with Crippen LogP contribution in [-0.4, -0.2) is 27.5 Å². The highest BCUT2D eigenvalue weighted by Gasteiger charge is 2.28. The molecule has 0 heterocycles. The molecule has 0 aliphatic heterocycles. The van der Waals surface area contributed by atoms with Crippen LogP contribution in [0.4, 0.5) is 0 Å². The molecule has 1 unspecified atom stereocenters. The summed E-state index contributed by atoms with van der Waals surface area (Å²) in [5, 5.41) is 3.14. The van der Waals surface area contributed by atoms with Crippen LogP contribution in [0.5, 0.6) is 5.75 Å². The van der Waals surface area contributed by atoms with E-state index < -0.39 is 10.0 Å². The molecule has 1 aliphatic rings. The lowest BCUT2D eigenvalue weighted by Gasteiger charge is -2.29. The second kappa shape index (κ2) is 12.4. The maximum Gasteiger partial charge on any atom is 0.240 e. The molecule has 186 valence electrons. The Balaban J connectivity index is 1.42. The Labute approximate surface area is 204 Å². The van der Waals surface area contributed by atoms with E-state index in [0.717, 1.165) is 62.0 Å². The zero-order chi connectivity index (χ0) is 24.6. The van der Waals surface area contributed by atoms with Crippen molar-refractivity contribution < 1.29 is 17.9 Å². The third-order valence-electron chi connectivity index (χ3n) is 6.62. The number of carbonyl (C=O) groups is 1. The van der Waals surface area contributed by atoms with Crippen molar-refractivity contribution in [1.82, 2.24) is 10.0 Å². The molecule has 0 radical (unpaired) electrons. The van der Waals surface area contributed by atoms with Gasteiger partial charge in [0.15, 0.2) is 0 Å². The minimum absolute atomic E-state index is 0.0240. The summed E-state index contributed by atoms with van der Waals surface area (Å²) in [6.45, 7) is 7.19. The highest BCUT2D eigenvalue weighted by atomic mass is 32.2. The van der Waals surface area contributed by atoms with Crippen LogP contribution < -0.4 is 14.8 Å². The van der Waals surface area contributed by atoms with Crippen molar-refractivity contribution in [3.8, 4) is 5.75 Å². The molecule has 3 rings (SSSR count). The van der Waals surface area contributed by atoms with Crippen LogP contribution in [0.1, 0.15) is 69.5 Å². The number of hydrogen-bond acceptors (Lipinski definition) is 4. The van der Waals surface area contributed by atoms with E-state index in [-0.39, 0.29) is 23.8 Å². The van der Waals surface area contributed by atoms with Gasteiger partial charge in [0.25, 0.3) is 0 Å². The zero-order valence-electron chi connectivity index (χ0n) is 20.5. The summed E-state index contributed by atoms with van der Waals surface area (Å²) in [7, 11) is -3.50. The van der Waals surface area contributed by atoms with E-state index in [1.807, 2.05) is 38.1 Å². The number of benzene rings is 2. The molecule has 0 bridgehead atoms. The van der Waals surface area contributed by atoms with Crippen LogP contribution >= 0.6 is 0 Å². The Kier molecular flexibility index (Phi) is 9.54. The second-order valence-corrected chi connectivity index (χ2v) is 11.2. The van der Waals surface area contributed by atoms with E-state index >= 15 is 0 Å². The van der Waals surface area contributed by atoms with Crippen LogP contribution in [0.15, 0.2) is 53.4 Å². The highest BCUT2D eigenvalue weighted by Crippen LogP contribution is 2.29.